The van der Waals surface area contributed by atoms with Gasteiger partial charge in [0.15, 0.2) is 5.96 Å². The van der Waals surface area contributed by atoms with E-state index in [2.05, 4.69) is 58.7 Å². The zero-order chi connectivity index (χ0) is 17.7. The number of aromatic nitrogens is 1. The van der Waals surface area contributed by atoms with Gasteiger partial charge < -0.3 is 15.4 Å². The maximum Gasteiger partial charge on any atom is 0.191 e. The van der Waals surface area contributed by atoms with Gasteiger partial charge in [0.25, 0.3) is 0 Å². The summed E-state index contributed by atoms with van der Waals surface area (Å²) < 4.78 is 5.70. The lowest BCUT2D eigenvalue weighted by Gasteiger charge is -2.11. The Morgan fingerprint density at radius 2 is 2.04 bits per heavy atom. The third kappa shape index (κ3) is 8.14. The third-order valence-electron chi connectivity index (χ3n) is 3.52. The number of ether oxygens (including phenoxy) is 1. The smallest absolute Gasteiger partial charge is 0.191 e. The lowest BCUT2D eigenvalue weighted by molar-refractivity contribution is 0.135. The molecule has 0 aliphatic heterocycles. The van der Waals surface area contributed by atoms with E-state index in [9.17, 15) is 0 Å². The molecule has 0 spiro atoms. The molecular weight excluding hydrogens is 332 g/mol. The summed E-state index contributed by atoms with van der Waals surface area (Å²) in [6.45, 7) is 7.95. The fourth-order valence-electron chi connectivity index (χ4n) is 2.28. The number of aryl methyl sites for hydroxylation is 1. The first-order valence-corrected chi connectivity index (χ1v) is 9.64. The molecule has 0 aliphatic carbocycles. The van der Waals surface area contributed by atoms with Crippen molar-refractivity contribution in [3.63, 3.8) is 0 Å². The van der Waals surface area contributed by atoms with E-state index in [1.165, 1.54) is 10.4 Å². The van der Waals surface area contributed by atoms with Gasteiger partial charge in [-0.05, 0) is 32.3 Å². The zero-order valence-corrected chi connectivity index (χ0v) is 15.9. The molecule has 0 saturated heterocycles. The minimum absolute atomic E-state index is 0.613. The third-order valence-corrected chi connectivity index (χ3v) is 4.42. The van der Waals surface area contributed by atoms with Crippen molar-refractivity contribution >= 4 is 17.3 Å². The van der Waals surface area contributed by atoms with Crippen LogP contribution in [0.1, 0.15) is 28.8 Å². The summed E-state index contributed by atoms with van der Waals surface area (Å²) in [5.74, 6) is 0.833. The first-order chi connectivity index (χ1) is 12.3. The minimum atomic E-state index is 0.613. The fourth-order valence-corrected chi connectivity index (χ4v) is 2.99. The van der Waals surface area contributed by atoms with Crippen molar-refractivity contribution in [1.82, 2.24) is 15.6 Å². The van der Waals surface area contributed by atoms with Crippen LogP contribution in [0.3, 0.4) is 0 Å². The summed E-state index contributed by atoms with van der Waals surface area (Å²) in [5, 5.41) is 7.64. The number of hydrogen-bond donors (Lipinski definition) is 2. The Morgan fingerprint density at radius 3 is 2.76 bits per heavy atom. The quantitative estimate of drug-likeness (QED) is 0.388. The first kappa shape index (κ1) is 19.4. The molecule has 136 valence electrons. The number of rotatable bonds is 10. The second-order valence-electron chi connectivity index (χ2n) is 5.69. The molecule has 2 aromatic rings. The van der Waals surface area contributed by atoms with Gasteiger partial charge in [0, 0.05) is 30.8 Å². The number of nitrogens with one attached hydrogen (secondary N) is 2. The monoisotopic (exact) mass is 360 g/mol. The standard InChI is InChI=1S/C19H28N4OS/c1-3-20-19(23-15-18-22-14-16(2)25-18)21-11-7-12-24-13-10-17-8-5-4-6-9-17/h4-6,8-9,14H,3,7,10-13,15H2,1-2H3,(H2,20,21,23). The van der Waals surface area contributed by atoms with Crippen LogP contribution < -0.4 is 10.6 Å². The minimum Gasteiger partial charge on any atom is -0.381 e. The van der Waals surface area contributed by atoms with Crippen LogP contribution in [0.15, 0.2) is 41.5 Å². The van der Waals surface area contributed by atoms with Gasteiger partial charge in [0.2, 0.25) is 0 Å². The van der Waals surface area contributed by atoms with Crippen molar-refractivity contribution in [2.75, 3.05) is 26.3 Å². The SMILES string of the molecule is CCNC(=NCc1ncc(C)s1)NCCCOCCc1ccccc1. The summed E-state index contributed by atoms with van der Waals surface area (Å²) in [5.41, 5.74) is 1.32. The van der Waals surface area contributed by atoms with Gasteiger partial charge >= 0.3 is 0 Å². The van der Waals surface area contributed by atoms with Crippen LogP contribution in [0, 0.1) is 6.92 Å². The highest BCUT2D eigenvalue weighted by atomic mass is 32.1. The van der Waals surface area contributed by atoms with E-state index in [0.29, 0.717) is 6.54 Å². The van der Waals surface area contributed by atoms with E-state index in [1.54, 1.807) is 11.3 Å². The molecule has 0 fully saturated rings. The second-order valence-corrected chi connectivity index (χ2v) is 7.01. The maximum atomic E-state index is 5.70. The summed E-state index contributed by atoms with van der Waals surface area (Å²) >= 11 is 1.69. The van der Waals surface area contributed by atoms with Crippen molar-refractivity contribution < 1.29 is 4.74 Å². The highest BCUT2D eigenvalue weighted by Gasteiger charge is 2.00. The highest BCUT2D eigenvalue weighted by molar-refractivity contribution is 7.11. The molecule has 1 aromatic carbocycles. The molecule has 0 atom stereocenters. The van der Waals surface area contributed by atoms with Crippen LogP contribution in [0.5, 0.6) is 0 Å². The molecule has 2 rings (SSSR count). The lowest BCUT2D eigenvalue weighted by Crippen LogP contribution is -2.38. The maximum absolute atomic E-state index is 5.70. The van der Waals surface area contributed by atoms with Crippen molar-refractivity contribution in [2.45, 2.75) is 33.2 Å². The summed E-state index contributed by atoms with van der Waals surface area (Å²) in [4.78, 5) is 10.1. The van der Waals surface area contributed by atoms with Crippen LogP contribution in [-0.4, -0.2) is 37.2 Å². The van der Waals surface area contributed by atoms with E-state index in [4.69, 9.17) is 4.74 Å². The van der Waals surface area contributed by atoms with Gasteiger partial charge in [-0.2, -0.15) is 0 Å². The molecular formula is C19H28N4OS. The van der Waals surface area contributed by atoms with Crippen LogP contribution in [0.4, 0.5) is 0 Å². The Bertz CT molecular complexity index is 627. The molecule has 0 aliphatic rings. The average molecular weight is 361 g/mol. The van der Waals surface area contributed by atoms with E-state index >= 15 is 0 Å². The number of guanidine groups is 1. The Balaban J connectivity index is 1.59. The van der Waals surface area contributed by atoms with Crippen LogP contribution in [-0.2, 0) is 17.7 Å². The molecule has 0 unspecified atom stereocenters. The molecule has 0 bridgehead atoms. The Kier molecular flexibility index (Phi) is 9.01. The molecule has 0 radical (unpaired) electrons. The van der Waals surface area contributed by atoms with E-state index in [0.717, 1.165) is 50.1 Å². The van der Waals surface area contributed by atoms with Crippen molar-refractivity contribution in [1.29, 1.82) is 0 Å². The van der Waals surface area contributed by atoms with Gasteiger partial charge in [0.1, 0.15) is 5.01 Å². The lowest BCUT2D eigenvalue weighted by atomic mass is 10.2. The van der Waals surface area contributed by atoms with Gasteiger partial charge in [-0.15, -0.1) is 11.3 Å². The Morgan fingerprint density at radius 1 is 1.20 bits per heavy atom. The summed E-state index contributed by atoms with van der Waals surface area (Å²) in [7, 11) is 0. The van der Waals surface area contributed by atoms with Gasteiger partial charge in [-0.25, -0.2) is 9.98 Å². The van der Waals surface area contributed by atoms with Crippen LogP contribution >= 0.6 is 11.3 Å². The van der Waals surface area contributed by atoms with Crippen LogP contribution in [0.2, 0.25) is 0 Å². The fraction of sp³-hybridized carbons (Fsp3) is 0.474. The molecule has 1 heterocycles. The normalized spacial score (nSPS) is 11.5. The Labute approximate surface area is 154 Å². The van der Waals surface area contributed by atoms with E-state index in [-0.39, 0.29) is 0 Å². The van der Waals surface area contributed by atoms with E-state index < -0.39 is 0 Å². The zero-order valence-electron chi connectivity index (χ0n) is 15.1. The number of aliphatic imine (C=N–C) groups is 1. The van der Waals surface area contributed by atoms with Gasteiger partial charge in [-0.1, -0.05) is 30.3 Å². The van der Waals surface area contributed by atoms with Gasteiger partial charge in [0.05, 0.1) is 13.2 Å². The predicted octanol–water partition coefficient (Wildman–Crippen LogP) is 3.16. The first-order valence-electron chi connectivity index (χ1n) is 8.83. The van der Waals surface area contributed by atoms with Crippen molar-refractivity contribution in [2.24, 2.45) is 4.99 Å². The largest absolute Gasteiger partial charge is 0.381 e. The number of benzene rings is 1. The van der Waals surface area contributed by atoms with Crippen molar-refractivity contribution in [3.05, 3.63) is 52.0 Å². The summed E-state index contributed by atoms with van der Waals surface area (Å²) in [6, 6.07) is 10.4. The molecule has 0 amide bonds. The molecule has 2 N–H and O–H groups in total. The summed E-state index contributed by atoms with van der Waals surface area (Å²) in [6.07, 6.45) is 3.81. The molecule has 25 heavy (non-hydrogen) atoms. The number of thiazole rings is 1. The topological polar surface area (TPSA) is 58.5 Å². The predicted molar refractivity (Wildman–Crippen MR) is 105 cm³/mol. The molecule has 0 saturated carbocycles. The highest BCUT2D eigenvalue weighted by Crippen LogP contribution is 2.11. The average Bonchev–Trinajstić information content (AvgIpc) is 3.05. The Hall–Kier alpha value is -1.92. The molecule has 5 nitrogen and oxygen atoms in total. The van der Waals surface area contributed by atoms with Crippen LogP contribution in [0.25, 0.3) is 0 Å². The van der Waals surface area contributed by atoms with E-state index in [1.807, 2.05) is 12.3 Å². The second kappa shape index (κ2) is 11.6. The molecule has 1 aromatic heterocycles. The molecule has 6 heteroatoms. The number of hydrogen-bond acceptors (Lipinski definition) is 4. The number of nitrogens with zero attached hydrogens (tertiary/aromatic N) is 2. The van der Waals surface area contributed by atoms with Gasteiger partial charge in [-0.3, -0.25) is 0 Å². The van der Waals surface area contributed by atoms with Crippen molar-refractivity contribution in [3.8, 4) is 0 Å².